The first kappa shape index (κ1) is 21.9. The van der Waals surface area contributed by atoms with Gasteiger partial charge in [0.2, 0.25) is 15.9 Å². The number of ether oxygens (including phenoxy) is 1. The second-order valence-electron chi connectivity index (χ2n) is 7.73. The van der Waals surface area contributed by atoms with E-state index in [9.17, 15) is 23.3 Å². The number of benzene rings is 1. The maximum atomic E-state index is 12.9. The Balaban J connectivity index is 1.64. The van der Waals surface area contributed by atoms with E-state index in [-0.39, 0.29) is 21.9 Å². The van der Waals surface area contributed by atoms with Crippen molar-refractivity contribution in [3.63, 3.8) is 0 Å². The van der Waals surface area contributed by atoms with Gasteiger partial charge in [-0.2, -0.15) is 0 Å². The lowest BCUT2D eigenvalue weighted by Crippen LogP contribution is -2.50. The van der Waals surface area contributed by atoms with Crippen LogP contribution in [0.4, 0.5) is 5.69 Å². The van der Waals surface area contributed by atoms with Gasteiger partial charge in [0.05, 0.1) is 23.0 Å². The Morgan fingerprint density at radius 2 is 1.93 bits per heavy atom. The van der Waals surface area contributed by atoms with Gasteiger partial charge in [0.1, 0.15) is 5.02 Å². The van der Waals surface area contributed by atoms with Crippen LogP contribution < -0.4 is 4.72 Å². The number of nitro groups is 1. The fraction of sp³-hybridized carbons (Fsp3) is 0.611. The molecule has 2 aliphatic rings. The zero-order valence-corrected chi connectivity index (χ0v) is 17.7. The number of nitrogens with one attached hydrogen (secondary N) is 1. The summed E-state index contributed by atoms with van der Waals surface area (Å²) in [5.74, 6) is 0.0930. The van der Waals surface area contributed by atoms with Crippen LogP contribution in [0.3, 0.4) is 0 Å². The Morgan fingerprint density at radius 1 is 1.31 bits per heavy atom. The van der Waals surface area contributed by atoms with Crippen molar-refractivity contribution >= 4 is 33.2 Å². The monoisotopic (exact) mass is 445 g/mol. The highest BCUT2D eigenvalue weighted by Crippen LogP contribution is 2.38. The largest absolute Gasteiger partial charge is 0.378 e. The maximum absolute atomic E-state index is 12.9. The summed E-state index contributed by atoms with van der Waals surface area (Å²) in [6.07, 6.45) is 2.16. The Bertz CT molecular complexity index is 893. The molecule has 11 heteroatoms. The van der Waals surface area contributed by atoms with Crippen molar-refractivity contribution in [2.24, 2.45) is 5.41 Å². The van der Waals surface area contributed by atoms with Crippen LogP contribution in [0.25, 0.3) is 0 Å². The smallest absolute Gasteiger partial charge is 0.289 e. The van der Waals surface area contributed by atoms with Crippen LogP contribution in [-0.4, -0.2) is 56.5 Å². The summed E-state index contributed by atoms with van der Waals surface area (Å²) in [6.45, 7) is 4.17. The summed E-state index contributed by atoms with van der Waals surface area (Å²) in [5, 5.41) is 10.9. The lowest BCUT2D eigenvalue weighted by atomic mass is 9.73. The van der Waals surface area contributed by atoms with Crippen molar-refractivity contribution < 1.29 is 22.9 Å². The Hall–Kier alpha value is -1.75. The standard InChI is InChI=1S/C18H24ClN3O6S/c1-18(17(23)21-8-10-28-11-9-21)6-4-13(5-7-18)20-29(26,27)14-2-3-15(19)16(12-14)22(24)25/h2-3,12-13,20H,4-11H2,1H3. The van der Waals surface area contributed by atoms with E-state index in [0.29, 0.717) is 52.0 Å². The quantitative estimate of drug-likeness (QED) is 0.548. The molecule has 0 aromatic heterocycles. The highest BCUT2D eigenvalue weighted by molar-refractivity contribution is 7.89. The number of sulfonamides is 1. The molecule has 0 spiro atoms. The molecule has 2 fully saturated rings. The van der Waals surface area contributed by atoms with Crippen LogP contribution in [0.15, 0.2) is 23.1 Å². The van der Waals surface area contributed by atoms with Crippen molar-refractivity contribution in [3.8, 4) is 0 Å². The van der Waals surface area contributed by atoms with E-state index < -0.39 is 26.0 Å². The van der Waals surface area contributed by atoms with Crippen LogP contribution in [0.5, 0.6) is 0 Å². The first-order chi connectivity index (χ1) is 13.6. The average molecular weight is 446 g/mol. The first-order valence-electron chi connectivity index (χ1n) is 9.46. The zero-order valence-electron chi connectivity index (χ0n) is 16.1. The summed E-state index contributed by atoms with van der Waals surface area (Å²) in [6, 6.07) is 3.07. The Kier molecular flexibility index (Phi) is 6.47. The topological polar surface area (TPSA) is 119 Å². The maximum Gasteiger partial charge on any atom is 0.289 e. The number of nitro benzene ring substituents is 1. The average Bonchev–Trinajstić information content (AvgIpc) is 2.69. The number of hydrogen-bond donors (Lipinski definition) is 1. The molecular weight excluding hydrogens is 422 g/mol. The van der Waals surface area contributed by atoms with Gasteiger partial charge in [0.25, 0.3) is 5.69 Å². The molecular formula is C18H24ClN3O6S. The molecule has 1 heterocycles. The minimum absolute atomic E-state index is 0.0930. The number of amides is 1. The van der Waals surface area contributed by atoms with Gasteiger partial charge >= 0.3 is 0 Å². The van der Waals surface area contributed by atoms with E-state index in [2.05, 4.69) is 4.72 Å². The molecule has 9 nitrogen and oxygen atoms in total. The molecule has 1 aliphatic heterocycles. The molecule has 1 aliphatic carbocycles. The molecule has 1 aromatic rings. The molecule has 0 bridgehead atoms. The van der Waals surface area contributed by atoms with E-state index in [4.69, 9.17) is 16.3 Å². The highest BCUT2D eigenvalue weighted by Gasteiger charge is 2.41. The molecule has 0 unspecified atom stereocenters. The summed E-state index contributed by atoms with van der Waals surface area (Å²) in [7, 11) is -3.94. The molecule has 1 saturated heterocycles. The second kappa shape index (κ2) is 8.55. The molecule has 3 rings (SSSR count). The third-order valence-corrected chi connectivity index (χ3v) is 7.49. The molecule has 160 valence electrons. The van der Waals surface area contributed by atoms with Crippen LogP contribution >= 0.6 is 11.6 Å². The van der Waals surface area contributed by atoms with E-state index in [0.717, 1.165) is 6.07 Å². The van der Waals surface area contributed by atoms with Crippen LogP contribution in [-0.2, 0) is 19.6 Å². The predicted octanol–water partition coefficient (Wildman–Crippen LogP) is 2.33. The summed E-state index contributed by atoms with van der Waals surface area (Å²) < 4.78 is 33.2. The van der Waals surface area contributed by atoms with Gasteiger partial charge in [-0.05, 0) is 37.8 Å². The minimum Gasteiger partial charge on any atom is -0.378 e. The normalized spacial score (nSPS) is 25.6. The molecule has 1 N–H and O–H groups in total. The number of hydrogen-bond acceptors (Lipinski definition) is 6. The van der Waals surface area contributed by atoms with Crippen LogP contribution in [0, 0.1) is 15.5 Å². The number of halogens is 1. The van der Waals surface area contributed by atoms with Gasteiger partial charge in [0, 0.05) is 30.6 Å². The molecule has 1 aromatic carbocycles. The SMILES string of the molecule is CC1(C(=O)N2CCOCC2)CCC(NS(=O)(=O)c2ccc(Cl)c([N+](=O)[O-])c2)CC1. The third kappa shape index (κ3) is 4.88. The predicted molar refractivity (Wildman–Crippen MR) is 106 cm³/mol. The van der Waals surface area contributed by atoms with E-state index in [1.54, 1.807) is 0 Å². The lowest BCUT2D eigenvalue weighted by Gasteiger charge is -2.40. The molecule has 29 heavy (non-hydrogen) atoms. The number of carbonyl (C=O) groups is 1. The van der Waals surface area contributed by atoms with E-state index >= 15 is 0 Å². The first-order valence-corrected chi connectivity index (χ1v) is 11.3. The van der Waals surface area contributed by atoms with Gasteiger partial charge in [-0.3, -0.25) is 14.9 Å². The molecule has 1 saturated carbocycles. The number of rotatable bonds is 5. The van der Waals surface area contributed by atoms with Crippen LogP contribution in [0.1, 0.15) is 32.6 Å². The van der Waals surface area contributed by atoms with Crippen LogP contribution in [0.2, 0.25) is 5.02 Å². The third-order valence-electron chi connectivity index (χ3n) is 5.65. The molecule has 1 amide bonds. The van der Waals surface area contributed by atoms with Crippen molar-refractivity contribution in [1.82, 2.24) is 9.62 Å². The Morgan fingerprint density at radius 3 is 2.52 bits per heavy atom. The van der Waals surface area contributed by atoms with Crippen molar-refractivity contribution in [2.75, 3.05) is 26.3 Å². The van der Waals surface area contributed by atoms with Gasteiger partial charge in [-0.15, -0.1) is 0 Å². The summed E-state index contributed by atoms with van der Waals surface area (Å²) in [4.78, 5) is 24.8. The van der Waals surface area contributed by atoms with Gasteiger partial charge in [0.15, 0.2) is 0 Å². The number of carbonyl (C=O) groups excluding carboxylic acids is 1. The van der Waals surface area contributed by atoms with Gasteiger partial charge in [-0.1, -0.05) is 18.5 Å². The fourth-order valence-corrected chi connectivity index (χ4v) is 5.33. The van der Waals surface area contributed by atoms with Crippen molar-refractivity contribution in [3.05, 3.63) is 33.3 Å². The lowest BCUT2D eigenvalue weighted by molar-refractivity contribution is -0.384. The summed E-state index contributed by atoms with van der Waals surface area (Å²) in [5.41, 5.74) is -0.972. The zero-order chi connectivity index (χ0) is 21.2. The molecule has 0 radical (unpaired) electrons. The number of morpholine rings is 1. The highest BCUT2D eigenvalue weighted by atomic mass is 35.5. The van der Waals surface area contributed by atoms with Crippen molar-refractivity contribution in [2.45, 2.75) is 43.5 Å². The number of nitrogens with zero attached hydrogens (tertiary/aromatic N) is 2. The second-order valence-corrected chi connectivity index (χ2v) is 9.85. The minimum atomic E-state index is -3.94. The van der Waals surface area contributed by atoms with E-state index in [1.165, 1.54) is 12.1 Å². The van der Waals surface area contributed by atoms with Gasteiger partial charge in [-0.25, -0.2) is 13.1 Å². The fourth-order valence-electron chi connectivity index (χ4n) is 3.82. The van der Waals surface area contributed by atoms with E-state index in [1.807, 2.05) is 11.8 Å². The van der Waals surface area contributed by atoms with Crippen molar-refractivity contribution in [1.29, 1.82) is 0 Å². The summed E-state index contributed by atoms with van der Waals surface area (Å²) >= 11 is 5.76. The van der Waals surface area contributed by atoms with Gasteiger partial charge < -0.3 is 9.64 Å². The Labute approximate surface area is 174 Å². The molecule has 0 atom stereocenters.